The second-order valence-corrected chi connectivity index (χ2v) is 5.50. The van der Waals surface area contributed by atoms with E-state index in [0.717, 1.165) is 5.56 Å². The summed E-state index contributed by atoms with van der Waals surface area (Å²) in [5.74, 6) is -1.07. The molecule has 6 heteroatoms. The molecule has 0 spiro atoms. The summed E-state index contributed by atoms with van der Waals surface area (Å²) in [4.78, 5) is 24.1. The van der Waals surface area contributed by atoms with Gasteiger partial charge in [-0.25, -0.2) is 0 Å². The van der Waals surface area contributed by atoms with Gasteiger partial charge in [-0.3, -0.25) is 9.59 Å². The second-order valence-electron chi connectivity index (χ2n) is 5.06. The van der Waals surface area contributed by atoms with Gasteiger partial charge in [0.1, 0.15) is 11.8 Å². The molecule has 2 aromatic rings. The summed E-state index contributed by atoms with van der Waals surface area (Å²) in [5, 5.41) is 15.3. The number of halogens is 1. The third kappa shape index (κ3) is 4.72. The van der Waals surface area contributed by atoms with Gasteiger partial charge in [0, 0.05) is 11.6 Å². The zero-order valence-electron chi connectivity index (χ0n) is 12.5. The minimum atomic E-state index is -0.746. The fourth-order valence-corrected chi connectivity index (χ4v) is 2.14. The van der Waals surface area contributed by atoms with E-state index in [1.54, 1.807) is 6.92 Å². The van der Waals surface area contributed by atoms with Crippen molar-refractivity contribution in [2.75, 3.05) is 0 Å². The Morgan fingerprint density at radius 1 is 1.17 bits per heavy atom. The molecule has 2 rings (SSSR count). The van der Waals surface area contributed by atoms with Crippen molar-refractivity contribution in [3.63, 3.8) is 0 Å². The van der Waals surface area contributed by atoms with Gasteiger partial charge in [0.2, 0.25) is 5.91 Å². The number of carbonyl (C=O) groups is 2. The summed E-state index contributed by atoms with van der Waals surface area (Å²) < 4.78 is 0. The topological polar surface area (TPSA) is 78.4 Å². The van der Waals surface area contributed by atoms with Crippen molar-refractivity contribution in [3.8, 4) is 5.75 Å². The van der Waals surface area contributed by atoms with Crippen molar-refractivity contribution in [2.45, 2.75) is 19.5 Å². The number of hydrogen-bond acceptors (Lipinski definition) is 3. The predicted molar refractivity (Wildman–Crippen MR) is 88.3 cm³/mol. The molecule has 2 amide bonds. The van der Waals surface area contributed by atoms with E-state index in [1.807, 2.05) is 30.3 Å². The van der Waals surface area contributed by atoms with Crippen molar-refractivity contribution in [2.24, 2.45) is 0 Å². The van der Waals surface area contributed by atoms with Crippen LogP contribution < -0.4 is 10.6 Å². The Labute approximate surface area is 139 Å². The molecule has 0 aliphatic carbocycles. The third-order valence-corrected chi connectivity index (χ3v) is 3.49. The molecule has 0 aliphatic heterocycles. The summed E-state index contributed by atoms with van der Waals surface area (Å²) in [6, 6.07) is 12.9. The number of amides is 2. The quantitative estimate of drug-likeness (QED) is 0.787. The SMILES string of the molecule is CC(NC(=O)c1cc(Cl)ccc1O)C(=O)NCc1ccccc1. The lowest BCUT2D eigenvalue weighted by Crippen LogP contribution is -2.44. The van der Waals surface area contributed by atoms with Crippen LogP contribution >= 0.6 is 11.6 Å². The molecular formula is C17H17ClN2O3. The minimum Gasteiger partial charge on any atom is -0.507 e. The lowest BCUT2D eigenvalue weighted by Gasteiger charge is -2.15. The molecule has 23 heavy (non-hydrogen) atoms. The van der Waals surface area contributed by atoms with Crippen LogP contribution in [0.3, 0.4) is 0 Å². The summed E-state index contributed by atoms with van der Waals surface area (Å²) >= 11 is 5.81. The van der Waals surface area contributed by atoms with E-state index in [-0.39, 0.29) is 17.2 Å². The number of phenolic OH excluding ortho intramolecular Hbond substituents is 1. The standard InChI is InChI=1S/C17H17ClN2O3/c1-11(16(22)19-10-12-5-3-2-4-6-12)20-17(23)14-9-13(18)7-8-15(14)21/h2-9,11,21H,10H2,1H3,(H,19,22)(H,20,23). The number of benzene rings is 2. The van der Waals surface area contributed by atoms with Crippen molar-refractivity contribution < 1.29 is 14.7 Å². The number of carbonyl (C=O) groups excluding carboxylic acids is 2. The second kappa shape index (κ2) is 7.65. The van der Waals surface area contributed by atoms with Crippen LogP contribution in [0.5, 0.6) is 5.75 Å². The number of rotatable bonds is 5. The normalized spacial score (nSPS) is 11.6. The van der Waals surface area contributed by atoms with E-state index in [9.17, 15) is 14.7 Å². The highest BCUT2D eigenvalue weighted by Gasteiger charge is 2.18. The average Bonchev–Trinajstić information content (AvgIpc) is 2.55. The van der Waals surface area contributed by atoms with Gasteiger partial charge in [-0.1, -0.05) is 41.9 Å². The van der Waals surface area contributed by atoms with Gasteiger partial charge in [-0.2, -0.15) is 0 Å². The fourth-order valence-electron chi connectivity index (χ4n) is 1.97. The number of nitrogens with one attached hydrogen (secondary N) is 2. The summed E-state index contributed by atoms with van der Waals surface area (Å²) in [5.41, 5.74) is 0.993. The van der Waals surface area contributed by atoms with Gasteiger partial charge in [-0.15, -0.1) is 0 Å². The molecule has 1 unspecified atom stereocenters. The third-order valence-electron chi connectivity index (χ3n) is 3.25. The molecule has 0 heterocycles. The van der Waals surface area contributed by atoms with Gasteiger partial charge in [-0.05, 0) is 30.7 Å². The van der Waals surface area contributed by atoms with Gasteiger partial charge in [0.25, 0.3) is 5.91 Å². The van der Waals surface area contributed by atoms with E-state index in [2.05, 4.69) is 10.6 Å². The molecule has 2 aromatic carbocycles. The summed E-state index contributed by atoms with van der Waals surface area (Å²) in [7, 11) is 0. The van der Waals surface area contributed by atoms with E-state index in [1.165, 1.54) is 18.2 Å². The van der Waals surface area contributed by atoms with E-state index in [4.69, 9.17) is 11.6 Å². The Bertz CT molecular complexity index is 704. The van der Waals surface area contributed by atoms with Crippen LogP contribution in [-0.4, -0.2) is 23.0 Å². The summed E-state index contributed by atoms with van der Waals surface area (Å²) in [6.45, 7) is 1.95. The van der Waals surface area contributed by atoms with Crippen molar-refractivity contribution in [1.82, 2.24) is 10.6 Å². The maximum Gasteiger partial charge on any atom is 0.255 e. The lowest BCUT2D eigenvalue weighted by atomic mass is 10.1. The number of aromatic hydroxyl groups is 1. The first-order chi connectivity index (χ1) is 11.0. The maximum atomic E-state index is 12.1. The Morgan fingerprint density at radius 2 is 1.87 bits per heavy atom. The van der Waals surface area contributed by atoms with Crippen LogP contribution in [0.2, 0.25) is 5.02 Å². The molecule has 5 nitrogen and oxygen atoms in total. The molecule has 120 valence electrons. The smallest absolute Gasteiger partial charge is 0.255 e. The largest absolute Gasteiger partial charge is 0.507 e. The van der Waals surface area contributed by atoms with Crippen LogP contribution in [0.15, 0.2) is 48.5 Å². The Morgan fingerprint density at radius 3 is 2.57 bits per heavy atom. The van der Waals surface area contributed by atoms with Crippen molar-refractivity contribution >= 4 is 23.4 Å². The lowest BCUT2D eigenvalue weighted by molar-refractivity contribution is -0.122. The average molecular weight is 333 g/mol. The molecule has 0 saturated carbocycles. The molecule has 1 atom stereocenters. The van der Waals surface area contributed by atoms with E-state index < -0.39 is 11.9 Å². The first-order valence-electron chi connectivity index (χ1n) is 7.08. The van der Waals surface area contributed by atoms with Crippen LogP contribution in [0.25, 0.3) is 0 Å². The molecule has 3 N–H and O–H groups in total. The zero-order chi connectivity index (χ0) is 16.8. The molecule has 0 bridgehead atoms. The fraction of sp³-hybridized carbons (Fsp3) is 0.176. The molecule has 0 aromatic heterocycles. The highest BCUT2D eigenvalue weighted by molar-refractivity contribution is 6.31. The van der Waals surface area contributed by atoms with E-state index >= 15 is 0 Å². The maximum absolute atomic E-state index is 12.1. The van der Waals surface area contributed by atoms with Crippen LogP contribution in [0.4, 0.5) is 0 Å². The first-order valence-corrected chi connectivity index (χ1v) is 7.46. The number of hydrogen-bond donors (Lipinski definition) is 3. The van der Waals surface area contributed by atoms with Gasteiger partial charge in [0.05, 0.1) is 5.56 Å². The molecule has 0 saturated heterocycles. The Kier molecular flexibility index (Phi) is 5.60. The van der Waals surface area contributed by atoms with Crippen LogP contribution in [0.1, 0.15) is 22.8 Å². The predicted octanol–water partition coefficient (Wildman–Crippen LogP) is 2.48. The molecular weight excluding hydrogens is 316 g/mol. The van der Waals surface area contributed by atoms with Gasteiger partial charge in [0.15, 0.2) is 0 Å². The van der Waals surface area contributed by atoms with Crippen LogP contribution in [-0.2, 0) is 11.3 Å². The molecule has 0 aliphatic rings. The van der Waals surface area contributed by atoms with Gasteiger partial charge < -0.3 is 15.7 Å². The zero-order valence-corrected chi connectivity index (χ0v) is 13.3. The van der Waals surface area contributed by atoms with Crippen molar-refractivity contribution in [3.05, 3.63) is 64.7 Å². The van der Waals surface area contributed by atoms with Crippen LogP contribution in [0, 0.1) is 0 Å². The monoisotopic (exact) mass is 332 g/mol. The molecule has 0 fully saturated rings. The minimum absolute atomic E-state index is 0.0280. The summed E-state index contributed by atoms with van der Waals surface area (Å²) in [6.07, 6.45) is 0. The molecule has 0 radical (unpaired) electrons. The highest BCUT2D eigenvalue weighted by atomic mass is 35.5. The Hall–Kier alpha value is -2.53. The number of phenols is 1. The first kappa shape index (κ1) is 16.8. The Balaban J connectivity index is 1.92. The van der Waals surface area contributed by atoms with Crippen molar-refractivity contribution in [1.29, 1.82) is 0 Å². The highest BCUT2D eigenvalue weighted by Crippen LogP contribution is 2.21. The van der Waals surface area contributed by atoms with Gasteiger partial charge >= 0.3 is 0 Å². The van der Waals surface area contributed by atoms with E-state index in [0.29, 0.717) is 11.6 Å².